The van der Waals surface area contributed by atoms with Crippen molar-refractivity contribution >= 4 is 29.8 Å². The smallest absolute Gasteiger partial charge is 0.408 e. The van der Waals surface area contributed by atoms with Gasteiger partial charge in [0, 0.05) is 0 Å². The fourth-order valence-corrected chi connectivity index (χ4v) is 2.89. The van der Waals surface area contributed by atoms with Crippen LogP contribution in [0.3, 0.4) is 0 Å². The number of rotatable bonds is 11. The van der Waals surface area contributed by atoms with E-state index in [1.807, 2.05) is 13.8 Å². The molecule has 4 N–H and O–H groups in total. The lowest BCUT2D eigenvalue weighted by Crippen LogP contribution is -2.58. The molecule has 0 rings (SSSR count). The van der Waals surface area contributed by atoms with Gasteiger partial charge in [0.15, 0.2) is 0 Å². The number of methoxy groups -OCH3 is 1. The van der Waals surface area contributed by atoms with Crippen LogP contribution in [0.4, 0.5) is 4.79 Å². The van der Waals surface area contributed by atoms with E-state index in [4.69, 9.17) is 4.74 Å². The summed E-state index contributed by atoms with van der Waals surface area (Å²) in [6.45, 7) is 15.3. The Labute approximate surface area is 202 Å². The first-order chi connectivity index (χ1) is 15.5. The minimum atomic E-state index is -0.991. The molecule has 0 saturated carbocycles. The zero-order chi connectivity index (χ0) is 26.8. The summed E-state index contributed by atoms with van der Waals surface area (Å²) in [5.41, 5.74) is -0.730. The van der Waals surface area contributed by atoms with Crippen LogP contribution in [0.1, 0.15) is 68.7 Å². The monoisotopic (exact) mass is 486 g/mol. The van der Waals surface area contributed by atoms with E-state index in [9.17, 15) is 24.0 Å². The number of hydrogen-bond donors (Lipinski definition) is 4. The van der Waals surface area contributed by atoms with Crippen molar-refractivity contribution in [2.24, 2.45) is 11.8 Å². The Morgan fingerprint density at radius 2 is 1.26 bits per heavy atom. The van der Waals surface area contributed by atoms with E-state index in [1.165, 1.54) is 21.0 Å². The van der Waals surface area contributed by atoms with Gasteiger partial charge >= 0.3 is 12.1 Å². The highest BCUT2D eigenvalue weighted by atomic mass is 16.6. The number of alkyl carbamates (subject to hydrolysis) is 1. The van der Waals surface area contributed by atoms with Gasteiger partial charge in [-0.15, -0.1) is 0 Å². The van der Waals surface area contributed by atoms with E-state index in [2.05, 4.69) is 26.0 Å². The first-order valence-corrected chi connectivity index (χ1v) is 11.5. The predicted octanol–water partition coefficient (Wildman–Crippen LogP) is 1.25. The number of carbonyl (C=O) groups is 5. The van der Waals surface area contributed by atoms with Crippen LogP contribution in [0, 0.1) is 11.8 Å². The lowest BCUT2D eigenvalue weighted by Gasteiger charge is -2.27. The summed E-state index contributed by atoms with van der Waals surface area (Å²) in [7, 11) is 1.21. The van der Waals surface area contributed by atoms with Crippen LogP contribution in [-0.4, -0.2) is 66.7 Å². The zero-order valence-electron chi connectivity index (χ0n) is 22.0. The van der Waals surface area contributed by atoms with Gasteiger partial charge in [-0.1, -0.05) is 27.7 Å². The molecule has 0 aliphatic rings. The number of carbonyl (C=O) groups excluding carboxylic acids is 5. The molecule has 196 valence electrons. The summed E-state index contributed by atoms with van der Waals surface area (Å²) in [4.78, 5) is 61.9. The first kappa shape index (κ1) is 31.1. The molecule has 0 radical (unpaired) electrons. The Bertz CT molecular complexity index is 731. The van der Waals surface area contributed by atoms with Crippen molar-refractivity contribution in [3.05, 3.63) is 0 Å². The van der Waals surface area contributed by atoms with Crippen LogP contribution >= 0.6 is 0 Å². The van der Waals surface area contributed by atoms with Crippen molar-refractivity contribution in [1.29, 1.82) is 0 Å². The molecule has 34 heavy (non-hydrogen) atoms. The lowest BCUT2D eigenvalue weighted by atomic mass is 10.0. The lowest BCUT2D eigenvalue weighted by molar-refractivity contribution is -0.145. The third-order valence-corrected chi connectivity index (χ3v) is 4.63. The Hall–Kier alpha value is -2.85. The maximum absolute atomic E-state index is 12.8. The molecule has 0 bridgehead atoms. The van der Waals surface area contributed by atoms with Gasteiger partial charge in [-0.3, -0.25) is 14.4 Å². The Balaban J connectivity index is 5.22. The molecule has 0 aliphatic carbocycles. The van der Waals surface area contributed by atoms with Crippen molar-refractivity contribution in [2.75, 3.05) is 7.11 Å². The van der Waals surface area contributed by atoms with Crippen LogP contribution < -0.4 is 21.3 Å². The molecular weight excluding hydrogens is 444 g/mol. The minimum Gasteiger partial charge on any atom is -0.467 e. The number of ether oxygens (including phenoxy) is 2. The van der Waals surface area contributed by atoms with Gasteiger partial charge < -0.3 is 30.7 Å². The normalized spacial score (nSPS) is 14.9. The van der Waals surface area contributed by atoms with Gasteiger partial charge in [-0.2, -0.15) is 0 Å². The Morgan fingerprint density at radius 3 is 1.71 bits per heavy atom. The maximum atomic E-state index is 12.8. The van der Waals surface area contributed by atoms with Crippen LogP contribution in [0.15, 0.2) is 0 Å². The third kappa shape index (κ3) is 11.9. The van der Waals surface area contributed by atoms with E-state index in [0.717, 1.165) is 0 Å². The standard InChI is InChI=1S/C23H42N4O7/c1-12(2)11-16(19(29)25-15(6)21(31)33-10)26-18(28)14(5)24-20(30)17(13(3)4)27-22(32)34-23(7,8)9/h12-17H,11H2,1-10H3,(H,24,30)(H,25,29)(H,26,28)(H,27,32)/t14-,15-,16-,17+/m0/s1. The Kier molecular flexibility index (Phi) is 12.6. The number of amides is 4. The molecule has 0 fully saturated rings. The summed E-state index contributed by atoms with van der Waals surface area (Å²) < 4.78 is 9.81. The van der Waals surface area contributed by atoms with Crippen molar-refractivity contribution < 1.29 is 33.4 Å². The molecule has 4 amide bonds. The fraction of sp³-hybridized carbons (Fsp3) is 0.783. The summed E-state index contributed by atoms with van der Waals surface area (Å²) >= 11 is 0. The highest BCUT2D eigenvalue weighted by Gasteiger charge is 2.31. The average molecular weight is 487 g/mol. The van der Waals surface area contributed by atoms with E-state index in [1.54, 1.807) is 34.6 Å². The summed E-state index contributed by atoms with van der Waals surface area (Å²) in [5, 5.41) is 10.2. The van der Waals surface area contributed by atoms with E-state index < -0.39 is 59.6 Å². The van der Waals surface area contributed by atoms with E-state index in [0.29, 0.717) is 6.42 Å². The maximum Gasteiger partial charge on any atom is 0.408 e. The van der Waals surface area contributed by atoms with Crippen molar-refractivity contribution in [1.82, 2.24) is 21.3 Å². The quantitative estimate of drug-likeness (QED) is 0.321. The van der Waals surface area contributed by atoms with Crippen LogP contribution in [-0.2, 0) is 28.7 Å². The molecule has 0 aromatic heterocycles. The predicted molar refractivity (Wildman–Crippen MR) is 127 cm³/mol. The van der Waals surface area contributed by atoms with Crippen LogP contribution in [0.2, 0.25) is 0 Å². The molecule has 11 nitrogen and oxygen atoms in total. The minimum absolute atomic E-state index is 0.0673. The van der Waals surface area contributed by atoms with Crippen LogP contribution in [0.5, 0.6) is 0 Å². The second-order valence-corrected chi connectivity index (χ2v) is 10.0. The molecule has 4 atom stereocenters. The second kappa shape index (κ2) is 13.8. The highest BCUT2D eigenvalue weighted by Crippen LogP contribution is 2.10. The third-order valence-electron chi connectivity index (χ3n) is 4.63. The van der Waals surface area contributed by atoms with Gasteiger partial charge in [0.05, 0.1) is 7.11 Å². The van der Waals surface area contributed by atoms with E-state index >= 15 is 0 Å². The molecule has 0 saturated heterocycles. The van der Waals surface area contributed by atoms with E-state index in [-0.39, 0.29) is 11.8 Å². The second-order valence-electron chi connectivity index (χ2n) is 10.0. The van der Waals surface area contributed by atoms with Crippen molar-refractivity contribution in [2.45, 2.75) is 98.5 Å². The average Bonchev–Trinajstić information content (AvgIpc) is 2.68. The first-order valence-electron chi connectivity index (χ1n) is 11.5. The number of esters is 1. The van der Waals surface area contributed by atoms with Gasteiger partial charge in [0.2, 0.25) is 17.7 Å². The molecule has 0 aromatic carbocycles. The van der Waals surface area contributed by atoms with Gasteiger partial charge in [-0.05, 0) is 52.9 Å². The van der Waals surface area contributed by atoms with Gasteiger partial charge in [0.25, 0.3) is 0 Å². The van der Waals surface area contributed by atoms with Crippen molar-refractivity contribution in [3.8, 4) is 0 Å². The number of hydrogen-bond acceptors (Lipinski definition) is 7. The molecule has 0 unspecified atom stereocenters. The molecule has 11 heteroatoms. The fourth-order valence-electron chi connectivity index (χ4n) is 2.89. The topological polar surface area (TPSA) is 152 Å². The molecule has 0 heterocycles. The van der Waals surface area contributed by atoms with Crippen molar-refractivity contribution in [3.63, 3.8) is 0 Å². The molecule has 0 aliphatic heterocycles. The Morgan fingerprint density at radius 1 is 0.735 bits per heavy atom. The summed E-state index contributed by atoms with van der Waals surface area (Å²) in [6.07, 6.45) is -0.423. The van der Waals surface area contributed by atoms with Gasteiger partial charge in [-0.25, -0.2) is 9.59 Å². The summed E-state index contributed by atoms with van der Waals surface area (Å²) in [6, 6.07) is -3.72. The summed E-state index contributed by atoms with van der Waals surface area (Å²) in [5.74, 6) is -2.50. The van der Waals surface area contributed by atoms with Gasteiger partial charge in [0.1, 0.15) is 29.8 Å². The molecule has 0 spiro atoms. The number of nitrogens with one attached hydrogen (secondary N) is 4. The largest absolute Gasteiger partial charge is 0.467 e. The molecular formula is C23H42N4O7. The van der Waals surface area contributed by atoms with Crippen LogP contribution in [0.25, 0.3) is 0 Å². The highest BCUT2D eigenvalue weighted by molar-refractivity contribution is 5.94. The zero-order valence-corrected chi connectivity index (χ0v) is 22.0. The SMILES string of the molecule is COC(=O)[C@H](C)NC(=O)[C@H](CC(C)C)NC(=O)[C@H](C)NC(=O)[C@H](NC(=O)OC(C)(C)C)C(C)C. The molecule has 0 aromatic rings.